The van der Waals surface area contributed by atoms with Gasteiger partial charge in [-0.2, -0.15) is 0 Å². The number of benzene rings is 2. The SMILES string of the molecule is Cc1ccc(C(CN2CCOCC2)NC(=O)/C=C/c2cc(Cl)c3c(c2)OCO3)cc1. The predicted molar refractivity (Wildman–Crippen MR) is 116 cm³/mol. The Bertz CT molecular complexity index is 924. The molecule has 0 aliphatic carbocycles. The van der Waals surface area contributed by atoms with Gasteiger partial charge < -0.3 is 19.5 Å². The number of carbonyl (C=O) groups is 1. The Hall–Kier alpha value is -2.54. The van der Waals surface area contributed by atoms with Gasteiger partial charge in [0.15, 0.2) is 11.5 Å². The summed E-state index contributed by atoms with van der Waals surface area (Å²) < 4.78 is 16.1. The van der Waals surface area contributed by atoms with Crippen molar-refractivity contribution >= 4 is 23.6 Å². The summed E-state index contributed by atoms with van der Waals surface area (Å²) in [6, 6.07) is 11.7. The first kappa shape index (κ1) is 20.7. The highest BCUT2D eigenvalue weighted by Crippen LogP contribution is 2.40. The van der Waals surface area contributed by atoms with E-state index in [0.29, 0.717) is 16.5 Å². The molecule has 1 atom stereocenters. The second-order valence-corrected chi connectivity index (χ2v) is 7.86. The van der Waals surface area contributed by atoms with Crippen molar-refractivity contribution in [1.82, 2.24) is 10.2 Å². The second kappa shape index (κ2) is 9.51. The van der Waals surface area contributed by atoms with Crippen molar-refractivity contribution in [2.45, 2.75) is 13.0 Å². The Morgan fingerprint density at radius 2 is 1.97 bits per heavy atom. The lowest BCUT2D eigenvalue weighted by molar-refractivity contribution is -0.117. The Morgan fingerprint density at radius 1 is 1.20 bits per heavy atom. The number of hydrogen-bond donors (Lipinski definition) is 1. The topological polar surface area (TPSA) is 60.0 Å². The minimum Gasteiger partial charge on any atom is -0.454 e. The maximum absolute atomic E-state index is 12.7. The van der Waals surface area contributed by atoms with Crippen LogP contribution in [0.25, 0.3) is 6.08 Å². The van der Waals surface area contributed by atoms with Gasteiger partial charge >= 0.3 is 0 Å². The second-order valence-electron chi connectivity index (χ2n) is 7.45. The highest BCUT2D eigenvalue weighted by Gasteiger charge is 2.20. The number of amides is 1. The number of aryl methyl sites for hydroxylation is 1. The Labute approximate surface area is 181 Å². The first-order valence-electron chi connectivity index (χ1n) is 10.0. The molecule has 1 amide bonds. The van der Waals surface area contributed by atoms with Gasteiger partial charge in [0.1, 0.15) is 0 Å². The number of nitrogens with zero attached hydrogens (tertiary/aromatic N) is 1. The molecule has 6 nitrogen and oxygen atoms in total. The van der Waals surface area contributed by atoms with Crippen LogP contribution >= 0.6 is 11.6 Å². The van der Waals surface area contributed by atoms with Crippen LogP contribution in [0.4, 0.5) is 0 Å². The normalized spacial score (nSPS) is 17.3. The van der Waals surface area contributed by atoms with Crippen molar-refractivity contribution in [2.24, 2.45) is 0 Å². The lowest BCUT2D eigenvalue weighted by Crippen LogP contribution is -2.42. The molecule has 0 aromatic heterocycles. The van der Waals surface area contributed by atoms with E-state index in [1.165, 1.54) is 11.6 Å². The number of ether oxygens (including phenoxy) is 3. The number of hydrogen-bond acceptors (Lipinski definition) is 5. The molecule has 0 saturated carbocycles. The minimum atomic E-state index is -0.164. The molecule has 0 radical (unpaired) electrons. The highest BCUT2D eigenvalue weighted by atomic mass is 35.5. The molecule has 158 valence electrons. The zero-order valence-electron chi connectivity index (χ0n) is 16.9. The van der Waals surface area contributed by atoms with Crippen molar-refractivity contribution < 1.29 is 19.0 Å². The van der Waals surface area contributed by atoms with Crippen molar-refractivity contribution in [3.05, 3.63) is 64.2 Å². The molecule has 2 heterocycles. The number of fused-ring (bicyclic) bond motifs is 1. The largest absolute Gasteiger partial charge is 0.454 e. The highest BCUT2D eigenvalue weighted by molar-refractivity contribution is 6.32. The van der Waals surface area contributed by atoms with Gasteiger partial charge in [0.25, 0.3) is 0 Å². The standard InChI is InChI=1S/C23H25ClN2O4/c1-16-2-5-18(6-3-16)20(14-26-8-10-28-11-9-26)25-22(27)7-4-17-12-19(24)23-21(13-17)29-15-30-23/h2-7,12-13,20H,8-11,14-15H2,1H3,(H,25,27)/b7-4+. The van der Waals surface area contributed by atoms with Crippen LogP contribution in [0.15, 0.2) is 42.5 Å². The van der Waals surface area contributed by atoms with E-state index >= 15 is 0 Å². The summed E-state index contributed by atoms with van der Waals surface area (Å²) in [5.41, 5.74) is 3.05. The molecule has 2 aromatic carbocycles. The van der Waals surface area contributed by atoms with Crippen molar-refractivity contribution in [1.29, 1.82) is 0 Å². The summed E-state index contributed by atoms with van der Waals surface area (Å²) in [6.45, 7) is 6.12. The number of rotatable bonds is 6. The first-order valence-corrected chi connectivity index (χ1v) is 10.4. The molecular formula is C23H25ClN2O4. The number of halogens is 1. The zero-order chi connectivity index (χ0) is 20.9. The maximum atomic E-state index is 12.7. The fraction of sp³-hybridized carbons (Fsp3) is 0.348. The van der Waals surface area contributed by atoms with Crippen LogP contribution in [0.1, 0.15) is 22.7 Å². The average molecular weight is 429 g/mol. The smallest absolute Gasteiger partial charge is 0.244 e. The Kier molecular flexibility index (Phi) is 6.57. The van der Waals surface area contributed by atoms with Crippen LogP contribution in [0.3, 0.4) is 0 Å². The van der Waals surface area contributed by atoms with E-state index in [9.17, 15) is 4.79 Å². The molecule has 1 saturated heterocycles. The van der Waals surface area contributed by atoms with E-state index in [2.05, 4.69) is 41.4 Å². The summed E-state index contributed by atoms with van der Waals surface area (Å²) >= 11 is 6.22. The molecule has 2 aromatic rings. The van der Waals surface area contributed by atoms with Crippen LogP contribution in [0, 0.1) is 6.92 Å². The van der Waals surface area contributed by atoms with E-state index in [0.717, 1.165) is 44.0 Å². The van der Waals surface area contributed by atoms with E-state index in [1.807, 2.05) is 6.07 Å². The molecule has 0 spiro atoms. The lowest BCUT2D eigenvalue weighted by Gasteiger charge is -2.31. The molecular weight excluding hydrogens is 404 g/mol. The van der Waals surface area contributed by atoms with E-state index in [1.54, 1.807) is 12.1 Å². The van der Waals surface area contributed by atoms with Crippen LogP contribution in [0.2, 0.25) is 5.02 Å². The van der Waals surface area contributed by atoms with E-state index in [-0.39, 0.29) is 18.7 Å². The molecule has 7 heteroatoms. The Balaban J connectivity index is 1.46. The molecule has 1 unspecified atom stereocenters. The zero-order valence-corrected chi connectivity index (χ0v) is 17.7. The molecule has 1 fully saturated rings. The monoisotopic (exact) mass is 428 g/mol. The van der Waals surface area contributed by atoms with Gasteiger partial charge in [-0.05, 0) is 36.3 Å². The molecule has 1 N–H and O–H groups in total. The molecule has 30 heavy (non-hydrogen) atoms. The predicted octanol–water partition coefficient (Wildman–Crippen LogP) is 3.58. The fourth-order valence-corrected chi connectivity index (χ4v) is 3.82. The van der Waals surface area contributed by atoms with Gasteiger partial charge in [0.05, 0.1) is 24.3 Å². The molecule has 2 aliphatic rings. The Morgan fingerprint density at radius 3 is 2.73 bits per heavy atom. The van der Waals surface area contributed by atoms with E-state index < -0.39 is 0 Å². The van der Waals surface area contributed by atoms with Crippen LogP contribution in [0.5, 0.6) is 11.5 Å². The first-order chi connectivity index (χ1) is 14.6. The quantitative estimate of drug-likeness (QED) is 0.712. The van der Waals surface area contributed by atoms with Gasteiger partial charge in [-0.15, -0.1) is 0 Å². The van der Waals surface area contributed by atoms with Gasteiger partial charge in [-0.25, -0.2) is 0 Å². The summed E-state index contributed by atoms with van der Waals surface area (Å²) in [7, 11) is 0. The van der Waals surface area contributed by atoms with Gasteiger partial charge in [-0.3, -0.25) is 9.69 Å². The van der Waals surface area contributed by atoms with E-state index in [4.69, 9.17) is 25.8 Å². The van der Waals surface area contributed by atoms with Gasteiger partial charge in [0, 0.05) is 25.7 Å². The van der Waals surface area contributed by atoms with Crippen molar-refractivity contribution in [2.75, 3.05) is 39.6 Å². The minimum absolute atomic E-state index is 0.110. The third kappa shape index (κ3) is 5.14. The summed E-state index contributed by atoms with van der Waals surface area (Å²) in [4.78, 5) is 15.0. The lowest BCUT2D eigenvalue weighted by atomic mass is 10.0. The maximum Gasteiger partial charge on any atom is 0.244 e. The van der Waals surface area contributed by atoms with Crippen molar-refractivity contribution in [3.8, 4) is 11.5 Å². The molecule has 2 aliphatic heterocycles. The average Bonchev–Trinajstić information content (AvgIpc) is 3.22. The van der Waals surface area contributed by atoms with Gasteiger partial charge in [0.2, 0.25) is 12.7 Å². The summed E-state index contributed by atoms with van der Waals surface area (Å²) in [6.07, 6.45) is 3.25. The van der Waals surface area contributed by atoms with Crippen molar-refractivity contribution in [3.63, 3.8) is 0 Å². The fourth-order valence-electron chi connectivity index (χ4n) is 3.55. The summed E-state index contributed by atoms with van der Waals surface area (Å²) in [5, 5.41) is 3.61. The number of carbonyl (C=O) groups excluding carboxylic acids is 1. The molecule has 0 bridgehead atoms. The third-order valence-corrected chi connectivity index (χ3v) is 5.50. The van der Waals surface area contributed by atoms with Crippen LogP contribution in [-0.4, -0.2) is 50.4 Å². The van der Waals surface area contributed by atoms with Crippen LogP contribution < -0.4 is 14.8 Å². The molecule has 4 rings (SSSR count). The third-order valence-electron chi connectivity index (χ3n) is 5.22. The van der Waals surface area contributed by atoms with Gasteiger partial charge in [-0.1, -0.05) is 41.4 Å². The number of morpholine rings is 1. The number of nitrogens with one attached hydrogen (secondary N) is 1. The van der Waals surface area contributed by atoms with Crippen LogP contribution in [-0.2, 0) is 9.53 Å². The summed E-state index contributed by atoms with van der Waals surface area (Å²) in [5.74, 6) is 0.971.